The summed E-state index contributed by atoms with van der Waals surface area (Å²) in [6, 6.07) is -0.624. The highest BCUT2D eigenvalue weighted by atomic mass is 35.5. The van der Waals surface area contributed by atoms with Gasteiger partial charge in [0, 0.05) is 19.0 Å². The average Bonchev–Trinajstić information content (AvgIpc) is 2.21. The average molecular weight is 269 g/mol. The summed E-state index contributed by atoms with van der Waals surface area (Å²) in [6.07, 6.45) is 0. The Morgan fingerprint density at radius 3 is 2.81 bits per heavy atom. The predicted molar refractivity (Wildman–Crippen MR) is 62.8 cm³/mol. The van der Waals surface area contributed by atoms with Gasteiger partial charge in [0.05, 0.1) is 5.75 Å². The maximum absolute atomic E-state index is 12.0. The van der Waals surface area contributed by atoms with E-state index in [-0.39, 0.29) is 17.6 Å². The number of sulfonamides is 1. The molecule has 1 amide bonds. The van der Waals surface area contributed by atoms with Gasteiger partial charge in [0.25, 0.3) is 0 Å². The molecule has 1 saturated heterocycles. The van der Waals surface area contributed by atoms with Crippen LogP contribution in [0.1, 0.15) is 13.8 Å². The summed E-state index contributed by atoms with van der Waals surface area (Å²) in [7, 11) is -3.39. The molecule has 0 aromatic heterocycles. The molecule has 1 aliphatic heterocycles. The second kappa shape index (κ2) is 5.33. The van der Waals surface area contributed by atoms with Crippen LogP contribution in [0.5, 0.6) is 0 Å². The first-order valence-corrected chi connectivity index (χ1v) is 7.36. The van der Waals surface area contributed by atoms with Crippen LogP contribution >= 0.6 is 11.6 Å². The lowest BCUT2D eigenvalue weighted by Gasteiger charge is -2.32. The zero-order valence-corrected chi connectivity index (χ0v) is 11.0. The standard InChI is InChI=1S/C9H17ClN2O3S/c1-7(5-10)6-16(14,15)12-4-3-11-9(13)8(12)2/h7-8H,3-6H2,1-2H3,(H,11,13). The predicted octanol–water partition coefficient (Wildman–Crippen LogP) is 0.0114. The van der Waals surface area contributed by atoms with Gasteiger partial charge >= 0.3 is 0 Å². The Bertz CT molecular complexity index is 358. The number of alkyl halides is 1. The molecule has 0 spiro atoms. The van der Waals surface area contributed by atoms with Crippen molar-refractivity contribution in [1.29, 1.82) is 0 Å². The molecule has 0 bridgehead atoms. The van der Waals surface area contributed by atoms with Crippen LogP contribution in [0.15, 0.2) is 0 Å². The zero-order valence-electron chi connectivity index (χ0n) is 9.44. The van der Waals surface area contributed by atoms with E-state index in [0.717, 1.165) is 0 Å². The third-order valence-electron chi connectivity index (χ3n) is 2.56. The summed E-state index contributed by atoms with van der Waals surface area (Å²) in [5.74, 6) is -0.0564. The van der Waals surface area contributed by atoms with Gasteiger partial charge in [-0.05, 0) is 12.8 Å². The molecule has 16 heavy (non-hydrogen) atoms. The lowest BCUT2D eigenvalue weighted by Crippen LogP contribution is -2.56. The summed E-state index contributed by atoms with van der Waals surface area (Å²) in [5, 5.41) is 2.63. The molecule has 0 aromatic rings. The lowest BCUT2D eigenvalue weighted by atomic mass is 10.2. The number of nitrogens with one attached hydrogen (secondary N) is 1. The van der Waals surface area contributed by atoms with E-state index in [9.17, 15) is 13.2 Å². The first-order chi connectivity index (χ1) is 7.38. The Hall–Kier alpha value is -0.330. The highest BCUT2D eigenvalue weighted by Crippen LogP contribution is 2.14. The number of hydrogen-bond acceptors (Lipinski definition) is 3. The Kier molecular flexibility index (Phi) is 4.58. The number of hydrogen-bond donors (Lipinski definition) is 1. The van der Waals surface area contributed by atoms with Gasteiger partial charge in [-0.25, -0.2) is 8.42 Å². The molecule has 1 heterocycles. The molecule has 1 fully saturated rings. The fourth-order valence-corrected chi connectivity index (χ4v) is 3.86. The SMILES string of the molecule is CC(CCl)CS(=O)(=O)N1CCNC(=O)C1C. The van der Waals surface area contributed by atoms with Crippen molar-refractivity contribution in [1.82, 2.24) is 9.62 Å². The molecule has 2 atom stereocenters. The normalized spacial score (nSPS) is 25.2. The second-order valence-electron chi connectivity index (χ2n) is 4.12. The van der Waals surface area contributed by atoms with Crippen LogP contribution in [-0.2, 0) is 14.8 Å². The molecule has 1 N–H and O–H groups in total. The van der Waals surface area contributed by atoms with Gasteiger partial charge in [0.15, 0.2) is 0 Å². The van der Waals surface area contributed by atoms with E-state index >= 15 is 0 Å². The van der Waals surface area contributed by atoms with Gasteiger partial charge in [-0.3, -0.25) is 4.79 Å². The second-order valence-corrected chi connectivity index (χ2v) is 6.39. The highest BCUT2D eigenvalue weighted by molar-refractivity contribution is 7.89. The molecule has 94 valence electrons. The highest BCUT2D eigenvalue weighted by Gasteiger charge is 2.34. The first kappa shape index (κ1) is 13.7. The van der Waals surface area contributed by atoms with Gasteiger partial charge in [0.1, 0.15) is 6.04 Å². The van der Waals surface area contributed by atoms with Crippen LogP contribution in [0.25, 0.3) is 0 Å². The summed E-state index contributed by atoms with van der Waals surface area (Å²) < 4.78 is 25.3. The minimum atomic E-state index is -3.39. The van der Waals surface area contributed by atoms with Crippen molar-refractivity contribution in [3.63, 3.8) is 0 Å². The van der Waals surface area contributed by atoms with Crippen molar-refractivity contribution in [2.45, 2.75) is 19.9 Å². The summed E-state index contributed by atoms with van der Waals surface area (Å²) in [6.45, 7) is 4.08. The molecule has 0 radical (unpaired) electrons. The van der Waals surface area contributed by atoms with Crippen LogP contribution in [0.4, 0.5) is 0 Å². The van der Waals surface area contributed by atoms with Gasteiger partial charge in [-0.1, -0.05) is 6.92 Å². The molecule has 1 aliphatic rings. The largest absolute Gasteiger partial charge is 0.353 e. The van der Waals surface area contributed by atoms with Gasteiger partial charge in [-0.15, -0.1) is 11.6 Å². The summed E-state index contributed by atoms with van der Waals surface area (Å²) in [5.41, 5.74) is 0. The number of piperazine rings is 1. The van der Waals surface area contributed by atoms with Gasteiger partial charge in [0.2, 0.25) is 15.9 Å². The molecule has 2 unspecified atom stereocenters. The molecule has 5 nitrogen and oxygen atoms in total. The van der Waals surface area contributed by atoms with E-state index in [1.54, 1.807) is 13.8 Å². The van der Waals surface area contributed by atoms with Crippen molar-refractivity contribution in [2.24, 2.45) is 5.92 Å². The Morgan fingerprint density at radius 1 is 1.62 bits per heavy atom. The fourth-order valence-electron chi connectivity index (χ4n) is 1.64. The van der Waals surface area contributed by atoms with Gasteiger partial charge in [-0.2, -0.15) is 4.31 Å². The third kappa shape index (κ3) is 3.09. The van der Waals surface area contributed by atoms with Crippen LogP contribution in [-0.4, -0.2) is 49.4 Å². The number of halogens is 1. The quantitative estimate of drug-likeness (QED) is 0.731. The Labute approximate surface area is 101 Å². The fraction of sp³-hybridized carbons (Fsp3) is 0.889. The number of amides is 1. The number of carbonyl (C=O) groups is 1. The summed E-state index contributed by atoms with van der Waals surface area (Å²) >= 11 is 5.60. The minimum Gasteiger partial charge on any atom is -0.353 e. The molecule has 1 rings (SSSR count). The maximum Gasteiger partial charge on any atom is 0.238 e. The lowest BCUT2D eigenvalue weighted by molar-refractivity contribution is -0.126. The Balaban J connectivity index is 2.78. The van der Waals surface area contributed by atoms with Crippen LogP contribution in [0.3, 0.4) is 0 Å². The third-order valence-corrected chi connectivity index (χ3v) is 5.29. The molecular formula is C9H17ClN2O3S. The van der Waals surface area contributed by atoms with Crippen molar-refractivity contribution in [2.75, 3.05) is 24.7 Å². The molecule has 0 aliphatic carbocycles. The van der Waals surface area contributed by atoms with E-state index in [0.29, 0.717) is 19.0 Å². The molecule has 7 heteroatoms. The molecule has 0 aromatic carbocycles. The van der Waals surface area contributed by atoms with Crippen molar-refractivity contribution in [3.8, 4) is 0 Å². The van der Waals surface area contributed by atoms with Crippen molar-refractivity contribution in [3.05, 3.63) is 0 Å². The monoisotopic (exact) mass is 268 g/mol. The molecule has 0 saturated carbocycles. The van der Waals surface area contributed by atoms with Crippen molar-refractivity contribution >= 4 is 27.5 Å². The smallest absolute Gasteiger partial charge is 0.238 e. The van der Waals surface area contributed by atoms with Crippen LogP contribution < -0.4 is 5.32 Å². The topological polar surface area (TPSA) is 66.5 Å². The van der Waals surface area contributed by atoms with E-state index in [2.05, 4.69) is 5.32 Å². The number of nitrogens with zero attached hydrogens (tertiary/aromatic N) is 1. The van der Waals surface area contributed by atoms with E-state index in [4.69, 9.17) is 11.6 Å². The minimum absolute atomic E-state index is 0.00583. The zero-order chi connectivity index (χ0) is 12.3. The molecular weight excluding hydrogens is 252 g/mol. The van der Waals surface area contributed by atoms with E-state index < -0.39 is 16.1 Å². The Morgan fingerprint density at radius 2 is 2.25 bits per heavy atom. The van der Waals surface area contributed by atoms with E-state index in [1.165, 1.54) is 4.31 Å². The number of carbonyl (C=O) groups excluding carboxylic acids is 1. The van der Waals surface area contributed by atoms with Crippen molar-refractivity contribution < 1.29 is 13.2 Å². The first-order valence-electron chi connectivity index (χ1n) is 5.21. The number of rotatable bonds is 4. The van der Waals surface area contributed by atoms with Gasteiger partial charge < -0.3 is 5.32 Å². The van der Waals surface area contributed by atoms with E-state index in [1.807, 2.05) is 0 Å². The summed E-state index contributed by atoms with van der Waals surface area (Å²) in [4.78, 5) is 11.4. The maximum atomic E-state index is 12.0. The van der Waals surface area contributed by atoms with Crippen LogP contribution in [0, 0.1) is 5.92 Å². The van der Waals surface area contributed by atoms with Crippen LogP contribution in [0.2, 0.25) is 0 Å².